The molecule has 0 saturated carbocycles. The number of aromatic nitrogens is 1. The number of hydrogen-bond acceptors (Lipinski definition) is 5. The van der Waals surface area contributed by atoms with E-state index in [0.29, 0.717) is 5.76 Å². The summed E-state index contributed by atoms with van der Waals surface area (Å²) in [4.78, 5) is 16.0. The second kappa shape index (κ2) is 5.79. The van der Waals surface area contributed by atoms with Crippen LogP contribution in [0.1, 0.15) is 22.5 Å². The smallest absolute Gasteiger partial charge is 0.226 e. The van der Waals surface area contributed by atoms with Crippen molar-refractivity contribution in [2.75, 3.05) is 6.61 Å². The van der Waals surface area contributed by atoms with Crippen molar-refractivity contribution in [1.29, 1.82) is 0 Å². The summed E-state index contributed by atoms with van der Waals surface area (Å²) in [6, 6.07) is 2.93. The van der Waals surface area contributed by atoms with Crippen LogP contribution >= 0.6 is 11.3 Å². The highest BCUT2D eigenvalue weighted by atomic mass is 32.1. The Morgan fingerprint density at radius 1 is 1.67 bits per heavy atom. The van der Waals surface area contributed by atoms with Gasteiger partial charge in [0.15, 0.2) is 0 Å². The number of carbonyl (C=O) groups is 1. The molecule has 1 atom stereocenters. The minimum absolute atomic E-state index is 0.184. The molecule has 2 rings (SSSR count). The number of amides is 1. The van der Waals surface area contributed by atoms with E-state index >= 15 is 0 Å². The van der Waals surface area contributed by atoms with Gasteiger partial charge in [-0.3, -0.25) is 4.79 Å². The lowest BCUT2D eigenvalue weighted by Gasteiger charge is -2.13. The molecular weight excluding hydrogens is 252 g/mol. The molecule has 5 nitrogen and oxygen atoms in total. The van der Waals surface area contributed by atoms with Crippen molar-refractivity contribution in [3.63, 3.8) is 0 Å². The second-order valence-corrected chi connectivity index (χ2v) is 4.91. The fourth-order valence-electron chi connectivity index (χ4n) is 1.60. The average molecular weight is 266 g/mol. The first-order valence-electron chi connectivity index (χ1n) is 5.53. The molecule has 0 aliphatic rings. The van der Waals surface area contributed by atoms with Gasteiger partial charge in [0.1, 0.15) is 11.8 Å². The first kappa shape index (κ1) is 12.8. The van der Waals surface area contributed by atoms with E-state index in [0.717, 1.165) is 10.7 Å². The summed E-state index contributed by atoms with van der Waals surface area (Å²) in [6.45, 7) is 1.70. The summed E-state index contributed by atoms with van der Waals surface area (Å²) < 4.78 is 5.15. The number of furan rings is 1. The maximum atomic E-state index is 11.8. The molecule has 0 spiro atoms. The summed E-state index contributed by atoms with van der Waals surface area (Å²) in [5.74, 6) is 0.357. The number of aryl methyl sites for hydroxylation is 1. The third kappa shape index (κ3) is 3.18. The normalized spacial score (nSPS) is 12.3. The molecule has 2 aromatic rings. The van der Waals surface area contributed by atoms with Crippen molar-refractivity contribution in [3.05, 3.63) is 40.2 Å². The lowest BCUT2D eigenvalue weighted by atomic mass is 10.2. The zero-order valence-electron chi connectivity index (χ0n) is 9.92. The number of rotatable bonds is 5. The molecule has 2 heterocycles. The van der Waals surface area contributed by atoms with Crippen molar-refractivity contribution in [1.82, 2.24) is 10.3 Å². The summed E-state index contributed by atoms with van der Waals surface area (Å²) in [7, 11) is 0. The minimum Gasteiger partial charge on any atom is -0.467 e. The Morgan fingerprint density at radius 3 is 3.06 bits per heavy atom. The summed E-state index contributed by atoms with van der Waals surface area (Å²) >= 11 is 1.51. The molecule has 0 aromatic carbocycles. The van der Waals surface area contributed by atoms with Crippen molar-refractivity contribution in [2.24, 2.45) is 0 Å². The molecule has 0 saturated heterocycles. The number of aliphatic hydroxyl groups excluding tert-OH is 1. The van der Waals surface area contributed by atoms with Crippen LogP contribution in [-0.2, 0) is 11.2 Å². The van der Waals surface area contributed by atoms with E-state index < -0.39 is 6.04 Å². The van der Waals surface area contributed by atoms with Gasteiger partial charge in [-0.2, -0.15) is 0 Å². The molecule has 0 fully saturated rings. The number of thiazole rings is 1. The van der Waals surface area contributed by atoms with Gasteiger partial charge in [-0.25, -0.2) is 4.98 Å². The van der Waals surface area contributed by atoms with Gasteiger partial charge in [0.05, 0.1) is 30.0 Å². The Hall–Kier alpha value is -1.66. The largest absolute Gasteiger partial charge is 0.467 e. The number of carbonyl (C=O) groups excluding carboxylic acids is 1. The molecule has 2 aromatic heterocycles. The van der Waals surface area contributed by atoms with Gasteiger partial charge in [0.2, 0.25) is 5.91 Å². The highest BCUT2D eigenvalue weighted by molar-refractivity contribution is 7.09. The summed E-state index contributed by atoms with van der Waals surface area (Å²) in [6.07, 6.45) is 1.72. The fourth-order valence-corrected chi connectivity index (χ4v) is 2.21. The third-order valence-corrected chi connectivity index (χ3v) is 3.23. The van der Waals surface area contributed by atoms with Crippen molar-refractivity contribution >= 4 is 17.2 Å². The fraction of sp³-hybridized carbons (Fsp3) is 0.333. The summed E-state index contributed by atoms with van der Waals surface area (Å²) in [5, 5.41) is 14.7. The van der Waals surface area contributed by atoms with Gasteiger partial charge in [0, 0.05) is 5.38 Å². The van der Waals surface area contributed by atoms with Crippen molar-refractivity contribution in [3.8, 4) is 0 Å². The Kier molecular flexibility index (Phi) is 4.11. The van der Waals surface area contributed by atoms with E-state index in [1.54, 1.807) is 12.1 Å². The van der Waals surface area contributed by atoms with Gasteiger partial charge in [-0.15, -0.1) is 11.3 Å². The predicted molar refractivity (Wildman–Crippen MR) is 67.2 cm³/mol. The van der Waals surface area contributed by atoms with Gasteiger partial charge in [-0.05, 0) is 19.1 Å². The van der Waals surface area contributed by atoms with Crippen LogP contribution in [0.15, 0.2) is 28.2 Å². The lowest BCUT2D eigenvalue weighted by molar-refractivity contribution is -0.121. The average Bonchev–Trinajstić information content (AvgIpc) is 2.98. The Labute approximate surface area is 108 Å². The van der Waals surface area contributed by atoms with E-state index in [4.69, 9.17) is 4.42 Å². The Morgan fingerprint density at radius 2 is 2.50 bits per heavy atom. The van der Waals surface area contributed by atoms with Crippen LogP contribution in [0, 0.1) is 6.92 Å². The van der Waals surface area contributed by atoms with Crippen molar-refractivity contribution < 1.29 is 14.3 Å². The predicted octanol–water partition coefficient (Wildman–Crippen LogP) is 1.44. The maximum absolute atomic E-state index is 11.8. The Balaban J connectivity index is 1.94. The molecule has 2 N–H and O–H groups in total. The first-order chi connectivity index (χ1) is 8.69. The third-order valence-electron chi connectivity index (χ3n) is 2.41. The molecule has 18 heavy (non-hydrogen) atoms. The van der Waals surface area contributed by atoms with Gasteiger partial charge < -0.3 is 14.8 Å². The number of nitrogens with one attached hydrogen (secondary N) is 1. The van der Waals surface area contributed by atoms with E-state index in [1.807, 2.05) is 12.3 Å². The molecule has 0 bridgehead atoms. The molecule has 6 heteroatoms. The number of nitrogens with zero attached hydrogens (tertiary/aromatic N) is 1. The number of aliphatic hydroxyl groups is 1. The molecular formula is C12H14N2O3S. The topological polar surface area (TPSA) is 75.4 Å². The first-order valence-corrected chi connectivity index (χ1v) is 6.41. The maximum Gasteiger partial charge on any atom is 0.226 e. The van der Waals surface area contributed by atoms with Gasteiger partial charge in [0.25, 0.3) is 0 Å². The molecule has 1 unspecified atom stereocenters. The van der Waals surface area contributed by atoms with Crippen LogP contribution in [0.25, 0.3) is 0 Å². The molecule has 0 radical (unpaired) electrons. The van der Waals surface area contributed by atoms with E-state index in [2.05, 4.69) is 10.3 Å². The van der Waals surface area contributed by atoms with Crippen LogP contribution in [0.4, 0.5) is 0 Å². The van der Waals surface area contributed by atoms with Gasteiger partial charge >= 0.3 is 0 Å². The SMILES string of the molecule is Cc1nc(CC(=O)NC(CO)c2ccco2)cs1. The van der Waals surface area contributed by atoms with Crippen molar-refractivity contribution in [2.45, 2.75) is 19.4 Å². The quantitative estimate of drug-likeness (QED) is 0.858. The van der Waals surface area contributed by atoms with Gasteiger partial charge in [-0.1, -0.05) is 0 Å². The van der Waals surface area contributed by atoms with E-state index in [9.17, 15) is 9.90 Å². The zero-order valence-corrected chi connectivity index (χ0v) is 10.7. The zero-order chi connectivity index (χ0) is 13.0. The van der Waals surface area contributed by atoms with E-state index in [1.165, 1.54) is 17.6 Å². The summed E-state index contributed by atoms with van der Waals surface area (Å²) in [5.41, 5.74) is 0.742. The van der Waals surface area contributed by atoms with E-state index in [-0.39, 0.29) is 18.9 Å². The molecule has 96 valence electrons. The monoisotopic (exact) mass is 266 g/mol. The van der Waals surface area contributed by atoms with Crippen LogP contribution in [0.3, 0.4) is 0 Å². The molecule has 0 aliphatic heterocycles. The number of hydrogen-bond donors (Lipinski definition) is 2. The van der Waals surface area contributed by atoms with Crippen LogP contribution in [0.2, 0.25) is 0 Å². The molecule has 1 amide bonds. The lowest BCUT2D eigenvalue weighted by Crippen LogP contribution is -2.31. The van der Waals surface area contributed by atoms with Crippen LogP contribution < -0.4 is 5.32 Å². The van der Waals surface area contributed by atoms with Crippen LogP contribution in [0.5, 0.6) is 0 Å². The Bertz CT molecular complexity index is 507. The van der Waals surface area contributed by atoms with Crippen LogP contribution in [-0.4, -0.2) is 22.6 Å². The molecule has 0 aliphatic carbocycles. The highest BCUT2D eigenvalue weighted by Gasteiger charge is 2.16. The standard InChI is InChI=1S/C12H14N2O3S/c1-8-13-9(7-18-8)5-12(16)14-10(6-15)11-3-2-4-17-11/h2-4,7,10,15H,5-6H2,1H3,(H,14,16). The second-order valence-electron chi connectivity index (χ2n) is 3.85. The minimum atomic E-state index is -0.507. The highest BCUT2D eigenvalue weighted by Crippen LogP contribution is 2.13.